The zero-order chi connectivity index (χ0) is 27.0. The zero-order valence-corrected chi connectivity index (χ0v) is 21.0. The lowest BCUT2D eigenvalue weighted by molar-refractivity contribution is -0.130. The monoisotopic (exact) mass is 548 g/mol. The molecule has 192 valence electrons. The van der Waals surface area contributed by atoms with Gasteiger partial charge in [-0.25, -0.2) is 9.69 Å². The molecule has 2 unspecified atom stereocenters. The number of carbonyl (C=O) groups excluding carboxylic acids is 3. The van der Waals surface area contributed by atoms with E-state index in [9.17, 15) is 27.6 Å². The maximum Gasteiger partial charge on any atom is 0.446 e. The van der Waals surface area contributed by atoms with Gasteiger partial charge in [0.1, 0.15) is 5.54 Å². The Morgan fingerprint density at radius 1 is 1.11 bits per heavy atom. The van der Waals surface area contributed by atoms with Crippen molar-refractivity contribution in [3.63, 3.8) is 0 Å². The number of likely N-dealkylation sites (N-methyl/N-ethyl adjacent to an activating group) is 1. The van der Waals surface area contributed by atoms with Gasteiger partial charge >= 0.3 is 11.5 Å². The molecule has 1 fully saturated rings. The highest BCUT2D eigenvalue weighted by Gasteiger charge is 2.56. The number of hydrogen-bond acceptors (Lipinski definition) is 5. The van der Waals surface area contributed by atoms with Gasteiger partial charge in [0.2, 0.25) is 5.91 Å². The largest absolute Gasteiger partial charge is 0.446 e. The van der Waals surface area contributed by atoms with E-state index in [1.807, 2.05) is 0 Å². The van der Waals surface area contributed by atoms with Crippen LogP contribution >= 0.6 is 23.4 Å². The number of hydrogen-bond donors (Lipinski definition) is 2. The van der Waals surface area contributed by atoms with E-state index in [1.165, 1.54) is 44.4 Å². The number of imide groups is 1. The zero-order valence-electron chi connectivity index (χ0n) is 19.5. The van der Waals surface area contributed by atoms with Gasteiger partial charge in [-0.05, 0) is 72.3 Å². The van der Waals surface area contributed by atoms with E-state index in [-0.39, 0.29) is 22.3 Å². The van der Waals surface area contributed by atoms with Crippen LogP contribution in [0.25, 0.3) is 11.1 Å². The number of thioether (sulfide) groups is 1. The Bertz CT molecular complexity index is 1350. The molecule has 4 amide bonds. The van der Waals surface area contributed by atoms with Crippen molar-refractivity contribution >= 4 is 46.9 Å². The third-order valence-corrected chi connectivity index (χ3v) is 6.94. The van der Waals surface area contributed by atoms with Crippen LogP contribution in [0.4, 0.5) is 23.7 Å². The van der Waals surface area contributed by atoms with Gasteiger partial charge in [-0.15, -0.1) is 0 Å². The number of carbonyl (C=O) groups is 3. The van der Waals surface area contributed by atoms with E-state index in [2.05, 4.69) is 15.6 Å². The van der Waals surface area contributed by atoms with Gasteiger partial charge < -0.3 is 10.6 Å². The molecule has 4 rings (SSSR count). The Morgan fingerprint density at radius 2 is 1.76 bits per heavy atom. The van der Waals surface area contributed by atoms with Crippen LogP contribution in [-0.2, 0) is 9.59 Å². The van der Waals surface area contributed by atoms with Crippen LogP contribution in [-0.4, -0.2) is 40.9 Å². The van der Waals surface area contributed by atoms with Crippen LogP contribution in [0.3, 0.4) is 0 Å². The normalized spacial score (nSPS) is 18.5. The van der Waals surface area contributed by atoms with Crippen molar-refractivity contribution in [1.82, 2.24) is 15.6 Å². The molecular formula is C25H20ClF3N4O3S. The first kappa shape index (κ1) is 26.5. The summed E-state index contributed by atoms with van der Waals surface area (Å²) in [6.45, 7) is 1.44. The summed E-state index contributed by atoms with van der Waals surface area (Å²) in [5.41, 5.74) is -4.44. The number of rotatable bonds is 6. The van der Waals surface area contributed by atoms with Gasteiger partial charge in [0.05, 0.1) is 11.6 Å². The summed E-state index contributed by atoms with van der Waals surface area (Å²) >= 11 is 5.71. The number of alkyl halides is 3. The van der Waals surface area contributed by atoms with E-state index in [0.717, 1.165) is 4.90 Å². The van der Waals surface area contributed by atoms with Gasteiger partial charge in [0.25, 0.3) is 5.91 Å². The molecule has 0 saturated carbocycles. The molecule has 0 aliphatic carbocycles. The molecule has 2 atom stereocenters. The van der Waals surface area contributed by atoms with Crippen molar-refractivity contribution in [2.45, 2.75) is 28.8 Å². The van der Waals surface area contributed by atoms with Crippen LogP contribution in [0.15, 0.2) is 71.9 Å². The highest BCUT2D eigenvalue weighted by atomic mass is 35.5. The highest BCUT2D eigenvalue weighted by Crippen LogP contribution is 2.41. The molecule has 37 heavy (non-hydrogen) atoms. The van der Waals surface area contributed by atoms with E-state index in [4.69, 9.17) is 11.6 Å². The third kappa shape index (κ3) is 5.28. The molecule has 1 aromatic heterocycles. The summed E-state index contributed by atoms with van der Waals surface area (Å²) in [5, 5.41) is 5.71. The Kier molecular flexibility index (Phi) is 7.20. The first-order valence-electron chi connectivity index (χ1n) is 10.9. The van der Waals surface area contributed by atoms with Crippen molar-refractivity contribution in [3.05, 3.63) is 77.6 Å². The number of urea groups is 1. The van der Waals surface area contributed by atoms with E-state index < -0.39 is 34.8 Å². The fourth-order valence-corrected chi connectivity index (χ4v) is 4.93. The number of halogens is 4. The fraction of sp³-hybridized carbons (Fsp3) is 0.200. The van der Waals surface area contributed by atoms with E-state index in [0.29, 0.717) is 21.7 Å². The van der Waals surface area contributed by atoms with Crippen molar-refractivity contribution in [1.29, 1.82) is 0 Å². The molecule has 2 heterocycles. The molecule has 0 spiro atoms. The molecule has 0 bridgehead atoms. The van der Waals surface area contributed by atoms with Crippen molar-refractivity contribution < 1.29 is 27.6 Å². The minimum absolute atomic E-state index is 0.0704. The second-order valence-electron chi connectivity index (χ2n) is 8.33. The van der Waals surface area contributed by atoms with Gasteiger partial charge in [-0.2, -0.15) is 13.2 Å². The van der Waals surface area contributed by atoms with Crippen molar-refractivity contribution in [2.24, 2.45) is 0 Å². The Morgan fingerprint density at radius 3 is 2.35 bits per heavy atom. The fourth-order valence-electron chi connectivity index (χ4n) is 4.27. The topological polar surface area (TPSA) is 91.4 Å². The SMILES string of the molecule is CNC(=O)C(c1ccncc1-c1ccc(Cl)cc1)C1(C)NC(=O)N(c2ccc(SC(F)(F)F)cc2)C1=O. The number of pyridine rings is 1. The average molecular weight is 549 g/mol. The lowest BCUT2D eigenvalue weighted by Gasteiger charge is -2.32. The Balaban J connectivity index is 1.75. The van der Waals surface area contributed by atoms with Crippen molar-refractivity contribution in [3.8, 4) is 11.1 Å². The summed E-state index contributed by atoms with van der Waals surface area (Å²) in [6.07, 6.45) is 3.03. The Hall–Kier alpha value is -3.57. The smallest absolute Gasteiger partial charge is 0.359 e. The number of anilines is 1. The third-order valence-electron chi connectivity index (χ3n) is 5.95. The van der Waals surface area contributed by atoms with Crippen LogP contribution in [0, 0.1) is 0 Å². The standard InChI is InChI=1S/C25H20ClF3N4O3S/c1-24(22(35)33(23(36)32-24)16-7-9-17(10-8-16)37-25(27,28)29)20(21(34)30-2)18-11-12-31-13-19(18)14-3-5-15(26)6-4-14/h3-13,20H,1-2H3,(H,30,34)(H,32,36). The molecule has 3 aromatic rings. The second kappa shape index (κ2) is 10.1. The molecule has 1 saturated heterocycles. The Labute approximate surface area is 219 Å². The second-order valence-corrected chi connectivity index (χ2v) is 9.91. The van der Waals surface area contributed by atoms with E-state index >= 15 is 0 Å². The predicted octanol–water partition coefficient (Wildman–Crippen LogP) is 5.36. The molecule has 7 nitrogen and oxygen atoms in total. The van der Waals surface area contributed by atoms with Crippen LogP contribution in [0.5, 0.6) is 0 Å². The highest BCUT2D eigenvalue weighted by molar-refractivity contribution is 8.00. The maximum atomic E-state index is 13.7. The number of amides is 4. The number of nitrogens with one attached hydrogen (secondary N) is 2. The molecule has 2 aromatic carbocycles. The van der Waals surface area contributed by atoms with Gasteiger partial charge in [-0.3, -0.25) is 14.6 Å². The van der Waals surface area contributed by atoms with E-state index in [1.54, 1.807) is 36.5 Å². The molecule has 2 N–H and O–H groups in total. The van der Waals surface area contributed by atoms with Gasteiger partial charge in [-0.1, -0.05) is 23.7 Å². The summed E-state index contributed by atoms with van der Waals surface area (Å²) in [6, 6.07) is 12.5. The first-order valence-corrected chi connectivity index (χ1v) is 12.1. The quantitative estimate of drug-likeness (QED) is 0.320. The van der Waals surface area contributed by atoms with Crippen LogP contribution in [0.2, 0.25) is 5.02 Å². The summed E-state index contributed by atoms with van der Waals surface area (Å²) < 4.78 is 38.1. The molecule has 1 aliphatic heterocycles. The van der Waals surface area contributed by atoms with Crippen LogP contribution in [0.1, 0.15) is 18.4 Å². The molecule has 1 aliphatic rings. The number of benzene rings is 2. The lowest BCUT2D eigenvalue weighted by Crippen LogP contribution is -2.54. The summed E-state index contributed by atoms with van der Waals surface area (Å²) in [7, 11) is 1.41. The average Bonchev–Trinajstić information content (AvgIpc) is 3.07. The number of nitrogens with zero attached hydrogens (tertiary/aromatic N) is 2. The summed E-state index contributed by atoms with van der Waals surface area (Å²) in [4.78, 5) is 44.8. The van der Waals surface area contributed by atoms with Gasteiger partial charge in [0.15, 0.2) is 0 Å². The van der Waals surface area contributed by atoms with Crippen molar-refractivity contribution in [2.75, 3.05) is 11.9 Å². The predicted molar refractivity (Wildman–Crippen MR) is 134 cm³/mol. The number of aromatic nitrogens is 1. The minimum atomic E-state index is -4.48. The van der Waals surface area contributed by atoms with Crippen LogP contribution < -0.4 is 15.5 Å². The first-order chi connectivity index (χ1) is 17.4. The molecular weight excluding hydrogens is 529 g/mol. The molecule has 12 heteroatoms. The minimum Gasteiger partial charge on any atom is -0.359 e. The lowest BCUT2D eigenvalue weighted by atomic mass is 9.77. The maximum absolute atomic E-state index is 13.7. The molecule has 0 radical (unpaired) electrons. The summed E-state index contributed by atoms with van der Waals surface area (Å²) in [5.74, 6) is -2.44. The van der Waals surface area contributed by atoms with Gasteiger partial charge in [0, 0.05) is 34.9 Å².